The van der Waals surface area contributed by atoms with Crippen LogP contribution in [-0.4, -0.2) is 28.6 Å². The van der Waals surface area contributed by atoms with Crippen molar-refractivity contribution in [3.8, 4) is 5.75 Å². The van der Waals surface area contributed by atoms with Crippen LogP contribution in [0.25, 0.3) is 0 Å². The van der Waals surface area contributed by atoms with Crippen LogP contribution in [0.1, 0.15) is 15.9 Å². The summed E-state index contributed by atoms with van der Waals surface area (Å²) in [6, 6.07) is 13.1. The number of nitrogens with zero attached hydrogens (tertiary/aromatic N) is 1. The molecule has 0 aliphatic rings. The Bertz CT molecular complexity index is 667. The number of carbonyl (C=O) groups excluding carboxylic acids is 1. The monoisotopic (exact) mass is 285 g/mol. The van der Waals surface area contributed by atoms with E-state index < -0.39 is 18.4 Å². The van der Waals surface area contributed by atoms with Crippen LogP contribution in [0.15, 0.2) is 48.5 Å². The molecule has 0 saturated carbocycles. The number of hydrogen-bond donors (Lipinski definition) is 2. The lowest BCUT2D eigenvalue weighted by Crippen LogP contribution is -2.35. The lowest BCUT2D eigenvalue weighted by molar-refractivity contribution is -0.135. The SMILES string of the molecule is Cc1ccc(C(=O)N(CC(=O)O)c2ccccc2)cc1O. The summed E-state index contributed by atoms with van der Waals surface area (Å²) in [5.74, 6) is -1.58. The molecule has 0 saturated heterocycles. The average Bonchev–Trinajstić information content (AvgIpc) is 2.47. The highest BCUT2D eigenvalue weighted by Gasteiger charge is 2.20. The molecule has 5 nitrogen and oxygen atoms in total. The van der Waals surface area contributed by atoms with Crippen molar-refractivity contribution in [1.82, 2.24) is 0 Å². The van der Waals surface area contributed by atoms with E-state index in [-0.39, 0.29) is 11.3 Å². The van der Waals surface area contributed by atoms with Crippen molar-refractivity contribution < 1.29 is 19.8 Å². The smallest absolute Gasteiger partial charge is 0.323 e. The maximum atomic E-state index is 12.5. The molecule has 1 amide bonds. The number of aryl methyl sites for hydroxylation is 1. The fourth-order valence-electron chi connectivity index (χ4n) is 1.92. The summed E-state index contributed by atoms with van der Waals surface area (Å²) in [5, 5.41) is 18.7. The van der Waals surface area contributed by atoms with Gasteiger partial charge < -0.3 is 10.2 Å². The summed E-state index contributed by atoms with van der Waals surface area (Å²) in [6.45, 7) is 1.27. The predicted molar refractivity (Wildman–Crippen MR) is 78.6 cm³/mol. The molecule has 2 aromatic carbocycles. The third-order valence-corrected chi connectivity index (χ3v) is 3.06. The normalized spacial score (nSPS) is 10.1. The van der Waals surface area contributed by atoms with E-state index >= 15 is 0 Å². The molecule has 0 fully saturated rings. The quantitative estimate of drug-likeness (QED) is 0.904. The molecule has 0 spiro atoms. The Morgan fingerprint density at radius 2 is 1.76 bits per heavy atom. The summed E-state index contributed by atoms with van der Waals surface area (Å²) in [4.78, 5) is 24.7. The summed E-state index contributed by atoms with van der Waals surface area (Å²) in [7, 11) is 0. The van der Waals surface area contributed by atoms with Crippen LogP contribution >= 0.6 is 0 Å². The van der Waals surface area contributed by atoms with Crippen molar-refractivity contribution in [2.45, 2.75) is 6.92 Å². The highest BCUT2D eigenvalue weighted by Crippen LogP contribution is 2.21. The fraction of sp³-hybridized carbons (Fsp3) is 0.125. The molecule has 5 heteroatoms. The van der Waals surface area contributed by atoms with Gasteiger partial charge in [-0.3, -0.25) is 14.5 Å². The number of para-hydroxylation sites is 1. The largest absolute Gasteiger partial charge is 0.508 e. The van der Waals surface area contributed by atoms with Crippen LogP contribution in [0.4, 0.5) is 5.69 Å². The second-order valence-electron chi connectivity index (χ2n) is 4.62. The number of carbonyl (C=O) groups is 2. The molecular weight excluding hydrogens is 270 g/mol. The molecule has 0 heterocycles. The van der Waals surface area contributed by atoms with Crippen LogP contribution in [-0.2, 0) is 4.79 Å². The summed E-state index contributed by atoms with van der Waals surface area (Å²) >= 11 is 0. The van der Waals surface area contributed by atoms with E-state index in [0.29, 0.717) is 11.3 Å². The minimum atomic E-state index is -1.11. The topological polar surface area (TPSA) is 77.8 Å². The van der Waals surface area contributed by atoms with Gasteiger partial charge in [-0.15, -0.1) is 0 Å². The Hall–Kier alpha value is -2.82. The van der Waals surface area contributed by atoms with Crippen LogP contribution in [0, 0.1) is 6.92 Å². The van der Waals surface area contributed by atoms with E-state index in [1.165, 1.54) is 6.07 Å². The van der Waals surface area contributed by atoms with Crippen LogP contribution in [0.2, 0.25) is 0 Å². The number of aromatic hydroxyl groups is 1. The lowest BCUT2D eigenvalue weighted by Gasteiger charge is -2.21. The number of benzene rings is 2. The number of aliphatic carboxylic acids is 1. The summed E-state index contributed by atoms with van der Waals surface area (Å²) in [6.07, 6.45) is 0. The van der Waals surface area contributed by atoms with Gasteiger partial charge in [0, 0.05) is 11.3 Å². The molecule has 2 N–H and O–H groups in total. The van der Waals surface area contributed by atoms with Crippen LogP contribution in [0.3, 0.4) is 0 Å². The zero-order chi connectivity index (χ0) is 15.4. The van der Waals surface area contributed by atoms with Gasteiger partial charge in [0.25, 0.3) is 5.91 Å². The molecule has 0 radical (unpaired) electrons. The molecule has 0 unspecified atom stereocenters. The van der Waals surface area contributed by atoms with E-state index in [1.807, 2.05) is 0 Å². The maximum Gasteiger partial charge on any atom is 0.323 e. The average molecular weight is 285 g/mol. The summed E-state index contributed by atoms with van der Waals surface area (Å²) < 4.78 is 0. The molecule has 0 aromatic heterocycles. The van der Waals surface area contributed by atoms with E-state index in [1.54, 1.807) is 49.4 Å². The van der Waals surface area contributed by atoms with Crippen molar-refractivity contribution in [2.75, 3.05) is 11.4 Å². The van der Waals surface area contributed by atoms with Gasteiger partial charge >= 0.3 is 5.97 Å². The first-order valence-electron chi connectivity index (χ1n) is 6.37. The van der Waals surface area contributed by atoms with E-state index in [9.17, 15) is 14.7 Å². The standard InChI is InChI=1S/C16H15NO4/c1-11-7-8-12(9-14(11)18)16(21)17(10-15(19)20)13-5-3-2-4-6-13/h2-9,18H,10H2,1H3,(H,19,20). The number of carboxylic acids is 1. The predicted octanol–water partition coefficient (Wildman–Crippen LogP) is 2.43. The molecule has 2 aromatic rings. The van der Waals surface area contributed by atoms with Gasteiger partial charge in [0.2, 0.25) is 0 Å². The Morgan fingerprint density at radius 1 is 1.10 bits per heavy atom. The van der Waals surface area contributed by atoms with Crippen molar-refractivity contribution in [1.29, 1.82) is 0 Å². The van der Waals surface area contributed by atoms with Crippen LogP contribution < -0.4 is 4.90 Å². The molecule has 21 heavy (non-hydrogen) atoms. The Labute approximate surface area is 122 Å². The van der Waals surface area contributed by atoms with Gasteiger partial charge in [0.1, 0.15) is 12.3 Å². The number of phenols is 1. The van der Waals surface area contributed by atoms with E-state index in [2.05, 4.69) is 0 Å². The third kappa shape index (κ3) is 3.39. The Kier molecular flexibility index (Phi) is 4.23. The lowest BCUT2D eigenvalue weighted by atomic mass is 10.1. The summed E-state index contributed by atoms with van der Waals surface area (Å²) in [5.41, 5.74) is 1.38. The van der Waals surface area contributed by atoms with Crippen molar-refractivity contribution in [3.63, 3.8) is 0 Å². The van der Waals surface area contributed by atoms with Gasteiger partial charge in [-0.05, 0) is 36.8 Å². The van der Waals surface area contributed by atoms with Gasteiger partial charge in [-0.25, -0.2) is 0 Å². The van der Waals surface area contributed by atoms with E-state index in [4.69, 9.17) is 5.11 Å². The number of carboxylic acid groups (broad SMARTS) is 1. The highest BCUT2D eigenvalue weighted by atomic mass is 16.4. The molecule has 0 aliphatic carbocycles. The molecule has 2 rings (SSSR count). The zero-order valence-electron chi connectivity index (χ0n) is 11.5. The molecule has 0 bridgehead atoms. The fourth-order valence-corrected chi connectivity index (χ4v) is 1.92. The van der Waals surface area contributed by atoms with E-state index in [0.717, 1.165) is 4.90 Å². The zero-order valence-corrected chi connectivity index (χ0v) is 11.5. The first-order chi connectivity index (χ1) is 9.99. The maximum absolute atomic E-state index is 12.5. The number of anilines is 1. The third-order valence-electron chi connectivity index (χ3n) is 3.06. The molecule has 0 atom stereocenters. The second-order valence-corrected chi connectivity index (χ2v) is 4.62. The van der Waals surface area contributed by atoms with Crippen molar-refractivity contribution in [3.05, 3.63) is 59.7 Å². The number of hydrogen-bond acceptors (Lipinski definition) is 3. The Morgan fingerprint density at radius 3 is 2.33 bits per heavy atom. The molecular formula is C16H15NO4. The minimum absolute atomic E-state index is 0.00388. The molecule has 108 valence electrons. The second kappa shape index (κ2) is 6.09. The van der Waals surface area contributed by atoms with Gasteiger partial charge in [-0.2, -0.15) is 0 Å². The first-order valence-corrected chi connectivity index (χ1v) is 6.37. The van der Waals surface area contributed by atoms with Crippen molar-refractivity contribution in [2.24, 2.45) is 0 Å². The van der Waals surface area contributed by atoms with Crippen LogP contribution in [0.5, 0.6) is 5.75 Å². The number of phenolic OH excluding ortho intramolecular Hbond substituents is 1. The van der Waals surface area contributed by atoms with Gasteiger partial charge in [0.05, 0.1) is 0 Å². The number of rotatable bonds is 4. The Balaban J connectivity index is 2.38. The number of amides is 1. The van der Waals surface area contributed by atoms with Gasteiger partial charge in [0.15, 0.2) is 0 Å². The molecule has 0 aliphatic heterocycles. The minimum Gasteiger partial charge on any atom is -0.508 e. The van der Waals surface area contributed by atoms with Gasteiger partial charge in [-0.1, -0.05) is 24.3 Å². The van der Waals surface area contributed by atoms with Crippen molar-refractivity contribution >= 4 is 17.6 Å². The first kappa shape index (κ1) is 14.6. The highest BCUT2D eigenvalue weighted by molar-refractivity contribution is 6.08.